The minimum Gasteiger partial charge on any atom is -0.390 e. The maximum absolute atomic E-state index is 11.8. The summed E-state index contributed by atoms with van der Waals surface area (Å²) in [4.78, 5) is 24.9. The second-order valence-corrected chi connectivity index (χ2v) is 5.32. The molecule has 1 amide bonds. The number of amides is 1. The fourth-order valence-electron chi connectivity index (χ4n) is 1.95. The molecule has 1 heterocycles. The monoisotopic (exact) mass is 258 g/mol. The maximum atomic E-state index is 11.8. The first-order chi connectivity index (χ1) is 8.29. The molecule has 6 heteroatoms. The Kier molecular flexibility index (Phi) is 5.25. The van der Waals surface area contributed by atoms with Crippen LogP contribution in [0.5, 0.6) is 0 Å². The van der Waals surface area contributed by atoms with Crippen LogP contribution in [-0.4, -0.2) is 64.7 Å². The highest BCUT2D eigenvalue weighted by molar-refractivity contribution is 5.88. The minimum atomic E-state index is -1.29. The highest BCUT2D eigenvalue weighted by Gasteiger charge is 2.27. The van der Waals surface area contributed by atoms with Crippen molar-refractivity contribution in [3.05, 3.63) is 0 Å². The number of rotatable bonds is 5. The van der Waals surface area contributed by atoms with Gasteiger partial charge >= 0.3 is 0 Å². The lowest BCUT2D eigenvalue weighted by molar-refractivity contribution is -0.144. The highest BCUT2D eigenvalue weighted by atomic mass is 16.3. The summed E-state index contributed by atoms with van der Waals surface area (Å²) in [6, 6.07) is 0. The van der Waals surface area contributed by atoms with Gasteiger partial charge in [0.25, 0.3) is 5.91 Å². The maximum Gasteiger partial charge on any atom is 0.251 e. The van der Waals surface area contributed by atoms with E-state index in [9.17, 15) is 19.8 Å². The Morgan fingerprint density at radius 2 is 1.89 bits per heavy atom. The van der Waals surface area contributed by atoms with Gasteiger partial charge in [-0.25, -0.2) is 0 Å². The van der Waals surface area contributed by atoms with Gasteiger partial charge in [0.05, 0.1) is 5.60 Å². The van der Waals surface area contributed by atoms with Crippen LogP contribution < -0.4 is 5.32 Å². The van der Waals surface area contributed by atoms with Crippen molar-refractivity contribution in [2.24, 2.45) is 0 Å². The lowest BCUT2D eigenvalue weighted by Gasteiger charge is -2.29. The van der Waals surface area contributed by atoms with E-state index in [1.807, 2.05) is 0 Å². The molecule has 0 aromatic rings. The number of aliphatic hydroxyl groups is 2. The summed E-state index contributed by atoms with van der Waals surface area (Å²) in [5.41, 5.74) is -1.10. The van der Waals surface area contributed by atoms with Crippen LogP contribution in [0.2, 0.25) is 0 Å². The van der Waals surface area contributed by atoms with E-state index in [1.54, 1.807) is 4.90 Å². The average Bonchev–Trinajstić information content (AvgIpc) is 2.26. The number of carbonyl (C=O) groups excluding carboxylic acids is 2. The predicted octanol–water partition coefficient (Wildman–Crippen LogP) is -1.10. The van der Waals surface area contributed by atoms with Crippen molar-refractivity contribution >= 4 is 11.7 Å². The van der Waals surface area contributed by atoms with Crippen LogP contribution in [0.1, 0.15) is 26.7 Å². The topological polar surface area (TPSA) is 89.9 Å². The number of ketones is 1. The van der Waals surface area contributed by atoms with Crippen LogP contribution in [0.4, 0.5) is 0 Å². The van der Waals surface area contributed by atoms with Crippen molar-refractivity contribution in [3.63, 3.8) is 0 Å². The number of piperazine rings is 1. The molecule has 1 fully saturated rings. The van der Waals surface area contributed by atoms with E-state index in [2.05, 4.69) is 5.32 Å². The van der Waals surface area contributed by atoms with Crippen molar-refractivity contribution in [2.75, 3.05) is 26.2 Å². The summed E-state index contributed by atoms with van der Waals surface area (Å²) in [5.74, 6) is -0.709. The number of aliphatic hydroxyl groups excluding tert-OH is 1. The van der Waals surface area contributed by atoms with Gasteiger partial charge in [0.1, 0.15) is 11.9 Å². The van der Waals surface area contributed by atoms with E-state index in [-0.39, 0.29) is 18.6 Å². The summed E-state index contributed by atoms with van der Waals surface area (Å²) < 4.78 is 0. The molecule has 0 aromatic carbocycles. The van der Waals surface area contributed by atoms with Crippen LogP contribution in [0, 0.1) is 0 Å². The van der Waals surface area contributed by atoms with E-state index in [4.69, 9.17) is 0 Å². The van der Waals surface area contributed by atoms with Crippen molar-refractivity contribution in [3.8, 4) is 0 Å². The Morgan fingerprint density at radius 3 is 2.39 bits per heavy atom. The van der Waals surface area contributed by atoms with Gasteiger partial charge in [0.2, 0.25) is 0 Å². The largest absolute Gasteiger partial charge is 0.390 e. The Labute approximate surface area is 107 Å². The van der Waals surface area contributed by atoms with Crippen LogP contribution in [-0.2, 0) is 9.59 Å². The molecule has 1 atom stereocenters. The van der Waals surface area contributed by atoms with Crippen molar-refractivity contribution in [2.45, 2.75) is 38.4 Å². The highest BCUT2D eigenvalue weighted by Crippen LogP contribution is 2.11. The van der Waals surface area contributed by atoms with Crippen LogP contribution >= 0.6 is 0 Å². The molecular weight excluding hydrogens is 236 g/mol. The van der Waals surface area contributed by atoms with E-state index in [0.717, 1.165) is 0 Å². The summed E-state index contributed by atoms with van der Waals surface area (Å²) in [6.07, 6.45) is -1.58. The minimum absolute atomic E-state index is 0.0567. The summed E-state index contributed by atoms with van der Waals surface area (Å²) in [6.45, 7) is 5.56. The van der Waals surface area contributed by atoms with E-state index in [1.165, 1.54) is 13.8 Å². The Balaban J connectivity index is 2.41. The van der Waals surface area contributed by atoms with Crippen molar-refractivity contribution < 1.29 is 19.8 Å². The molecule has 0 unspecified atom stereocenters. The molecule has 1 saturated heterocycles. The fourth-order valence-corrected chi connectivity index (χ4v) is 1.95. The molecule has 1 rings (SSSR count). The summed E-state index contributed by atoms with van der Waals surface area (Å²) in [5, 5.41) is 22.3. The third-order valence-electron chi connectivity index (χ3n) is 2.76. The predicted molar refractivity (Wildman–Crippen MR) is 66.0 cm³/mol. The van der Waals surface area contributed by atoms with E-state index >= 15 is 0 Å². The van der Waals surface area contributed by atoms with Crippen molar-refractivity contribution in [1.82, 2.24) is 10.2 Å². The summed E-state index contributed by atoms with van der Waals surface area (Å²) in [7, 11) is 0. The number of carbonyl (C=O) groups is 2. The molecular formula is C12H22N2O4. The molecule has 3 N–H and O–H groups in total. The van der Waals surface area contributed by atoms with Crippen LogP contribution in [0.25, 0.3) is 0 Å². The van der Waals surface area contributed by atoms with E-state index in [0.29, 0.717) is 26.2 Å². The third-order valence-corrected chi connectivity index (χ3v) is 2.76. The zero-order valence-electron chi connectivity index (χ0n) is 11.0. The summed E-state index contributed by atoms with van der Waals surface area (Å²) >= 11 is 0. The molecule has 0 aromatic heterocycles. The average molecular weight is 258 g/mol. The number of hydrogen-bond acceptors (Lipinski definition) is 5. The first-order valence-electron chi connectivity index (χ1n) is 6.21. The zero-order valence-corrected chi connectivity index (χ0v) is 11.0. The third kappa shape index (κ3) is 5.12. The molecule has 0 aliphatic carbocycles. The van der Waals surface area contributed by atoms with E-state index < -0.39 is 17.6 Å². The molecule has 104 valence electrons. The molecule has 18 heavy (non-hydrogen) atoms. The van der Waals surface area contributed by atoms with Crippen LogP contribution in [0.15, 0.2) is 0 Å². The molecule has 0 bridgehead atoms. The van der Waals surface area contributed by atoms with Crippen LogP contribution in [0.3, 0.4) is 0 Å². The lowest BCUT2D eigenvalue weighted by atomic mass is 9.98. The first-order valence-corrected chi connectivity index (χ1v) is 6.21. The van der Waals surface area contributed by atoms with Gasteiger partial charge < -0.3 is 20.4 Å². The first kappa shape index (κ1) is 15.1. The van der Waals surface area contributed by atoms with Gasteiger partial charge in [-0.2, -0.15) is 0 Å². The second kappa shape index (κ2) is 6.26. The Bertz CT molecular complexity index is 306. The quantitative estimate of drug-likeness (QED) is 0.582. The van der Waals surface area contributed by atoms with Gasteiger partial charge in [0.15, 0.2) is 0 Å². The number of nitrogens with one attached hydrogen (secondary N) is 1. The second-order valence-electron chi connectivity index (χ2n) is 5.32. The van der Waals surface area contributed by atoms with Gasteiger partial charge in [0, 0.05) is 39.0 Å². The SMILES string of the molecule is CC(C)(O)CC(=O)C[C@@H](O)C(=O)N1CCNCC1. The molecule has 0 saturated carbocycles. The Morgan fingerprint density at radius 1 is 1.33 bits per heavy atom. The smallest absolute Gasteiger partial charge is 0.251 e. The number of hydrogen-bond donors (Lipinski definition) is 3. The normalized spacial score (nSPS) is 18.6. The molecule has 1 aliphatic rings. The fraction of sp³-hybridized carbons (Fsp3) is 0.833. The lowest BCUT2D eigenvalue weighted by Crippen LogP contribution is -2.50. The molecule has 1 aliphatic heterocycles. The molecule has 6 nitrogen and oxygen atoms in total. The van der Waals surface area contributed by atoms with Gasteiger partial charge in [-0.3, -0.25) is 9.59 Å². The molecule has 0 spiro atoms. The standard InChI is InChI=1S/C12H22N2O4/c1-12(2,18)8-9(15)7-10(16)11(17)14-5-3-13-4-6-14/h10,13,16,18H,3-8H2,1-2H3/t10-/m1/s1. The number of nitrogens with zero attached hydrogens (tertiary/aromatic N) is 1. The zero-order chi connectivity index (χ0) is 13.8. The van der Waals surface area contributed by atoms with Gasteiger partial charge in [-0.1, -0.05) is 0 Å². The Hall–Kier alpha value is -0.980. The van der Waals surface area contributed by atoms with Gasteiger partial charge in [-0.05, 0) is 13.8 Å². The molecule has 0 radical (unpaired) electrons. The number of Topliss-reactive ketones (excluding diaryl/α,β-unsaturated/α-hetero) is 1. The van der Waals surface area contributed by atoms with Crippen molar-refractivity contribution in [1.29, 1.82) is 0 Å². The van der Waals surface area contributed by atoms with Gasteiger partial charge in [-0.15, -0.1) is 0 Å².